The van der Waals surface area contributed by atoms with Crippen LogP contribution in [0.3, 0.4) is 0 Å². The number of hydrogen-bond acceptors (Lipinski definition) is 5. The smallest absolute Gasteiger partial charge is 0.387 e. The van der Waals surface area contributed by atoms with Crippen LogP contribution < -0.4 is 9.47 Å². The first-order chi connectivity index (χ1) is 16.8. The predicted octanol–water partition coefficient (Wildman–Crippen LogP) is 6.12. The monoisotopic (exact) mass is 487 g/mol. The van der Waals surface area contributed by atoms with Gasteiger partial charge in [0, 0.05) is 17.0 Å². The van der Waals surface area contributed by atoms with E-state index in [-0.39, 0.29) is 46.7 Å². The van der Waals surface area contributed by atoms with Crippen LogP contribution in [0.5, 0.6) is 17.4 Å². The summed E-state index contributed by atoms with van der Waals surface area (Å²) in [7, 11) is 0. The van der Waals surface area contributed by atoms with Crippen molar-refractivity contribution >= 4 is 27.5 Å². The van der Waals surface area contributed by atoms with E-state index in [1.807, 2.05) is 6.92 Å². The third-order valence-electron chi connectivity index (χ3n) is 5.48. The van der Waals surface area contributed by atoms with Crippen molar-refractivity contribution in [2.45, 2.75) is 33.3 Å². The fraction of sp³-hybridized carbons (Fsp3) is 0.269. The second kappa shape index (κ2) is 10.2. The second-order valence-corrected chi connectivity index (χ2v) is 7.80. The SMILES string of the molecule is CCCOc1c2ccccc2c(OC(F)F)c2cn(-c3ccc(CC(=O)OCC)c(F)c3)c(O)c12. The molecule has 1 heterocycles. The van der Waals surface area contributed by atoms with Gasteiger partial charge in [-0.1, -0.05) is 37.3 Å². The van der Waals surface area contributed by atoms with Crippen LogP contribution in [0.15, 0.2) is 48.7 Å². The second-order valence-electron chi connectivity index (χ2n) is 7.80. The molecule has 0 aliphatic heterocycles. The third kappa shape index (κ3) is 4.71. The number of halogens is 3. The van der Waals surface area contributed by atoms with Crippen molar-refractivity contribution in [2.24, 2.45) is 0 Å². The molecule has 4 rings (SSSR count). The highest BCUT2D eigenvalue weighted by Gasteiger charge is 2.25. The summed E-state index contributed by atoms with van der Waals surface area (Å²) in [5, 5.41) is 12.4. The molecule has 4 aromatic rings. The molecule has 0 spiro atoms. The number of carbonyl (C=O) groups excluding carboxylic acids is 1. The number of rotatable bonds is 9. The van der Waals surface area contributed by atoms with Gasteiger partial charge >= 0.3 is 12.6 Å². The molecule has 0 atom stereocenters. The Morgan fingerprint density at radius 2 is 1.77 bits per heavy atom. The lowest BCUT2D eigenvalue weighted by atomic mass is 10.0. The summed E-state index contributed by atoms with van der Waals surface area (Å²) in [5.74, 6) is -1.37. The van der Waals surface area contributed by atoms with Crippen LogP contribution in [-0.2, 0) is 16.0 Å². The van der Waals surface area contributed by atoms with Gasteiger partial charge in [-0.3, -0.25) is 9.36 Å². The molecule has 0 fully saturated rings. The van der Waals surface area contributed by atoms with Gasteiger partial charge in [0.2, 0.25) is 5.88 Å². The highest BCUT2D eigenvalue weighted by molar-refractivity contribution is 6.13. The van der Waals surface area contributed by atoms with E-state index in [0.717, 1.165) is 6.07 Å². The van der Waals surface area contributed by atoms with E-state index in [0.29, 0.717) is 29.5 Å². The van der Waals surface area contributed by atoms with Crippen molar-refractivity contribution in [3.8, 4) is 23.1 Å². The molecule has 6 nitrogen and oxygen atoms in total. The molecule has 35 heavy (non-hydrogen) atoms. The summed E-state index contributed by atoms with van der Waals surface area (Å²) in [5.41, 5.74) is 0.347. The topological polar surface area (TPSA) is 69.9 Å². The van der Waals surface area contributed by atoms with E-state index in [1.165, 1.54) is 22.9 Å². The van der Waals surface area contributed by atoms with Gasteiger partial charge in [-0.15, -0.1) is 0 Å². The van der Waals surface area contributed by atoms with E-state index in [1.54, 1.807) is 31.2 Å². The average molecular weight is 487 g/mol. The van der Waals surface area contributed by atoms with E-state index in [9.17, 15) is 23.1 Å². The van der Waals surface area contributed by atoms with Gasteiger partial charge in [-0.05, 0) is 31.0 Å². The zero-order valence-corrected chi connectivity index (χ0v) is 19.2. The first-order valence-electron chi connectivity index (χ1n) is 11.2. The van der Waals surface area contributed by atoms with E-state index in [2.05, 4.69) is 0 Å². The molecule has 0 aliphatic rings. The van der Waals surface area contributed by atoms with Gasteiger partial charge in [0.05, 0.1) is 36.1 Å². The molecule has 0 unspecified atom stereocenters. The van der Waals surface area contributed by atoms with Crippen molar-refractivity contribution in [3.63, 3.8) is 0 Å². The zero-order valence-electron chi connectivity index (χ0n) is 19.2. The van der Waals surface area contributed by atoms with E-state index >= 15 is 0 Å². The third-order valence-corrected chi connectivity index (χ3v) is 5.48. The molecular weight excluding hydrogens is 463 g/mol. The summed E-state index contributed by atoms with van der Waals surface area (Å²) >= 11 is 0. The van der Waals surface area contributed by atoms with Crippen LogP contribution in [0, 0.1) is 5.82 Å². The van der Waals surface area contributed by atoms with Crippen molar-refractivity contribution in [1.82, 2.24) is 4.57 Å². The van der Waals surface area contributed by atoms with E-state index < -0.39 is 18.4 Å². The largest absolute Gasteiger partial charge is 0.494 e. The number of aromatic hydroxyl groups is 1. The van der Waals surface area contributed by atoms with Crippen LogP contribution in [0.25, 0.3) is 27.2 Å². The highest BCUT2D eigenvalue weighted by atomic mass is 19.3. The Morgan fingerprint density at radius 1 is 1.06 bits per heavy atom. The van der Waals surface area contributed by atoms with Gasteiger partial charge in [0.15, 0.2) is 0 Å². The number of nitrogens with zero attached hydrogens (tertiary/aromatic N) is 1. The van der Waals surface area contributed by atoms with Crippen LogP contribution >= 0.6 is 0 Å². The molecule has 9 heteroatoms. The Morgan fingerprint density at radius 3 is 2.40 bits per heavy atom. The Hall–Kier alpha value is -3.88. The summed E-state index contributed by atoms with van der Waals surface area (Å²) in [6.45, 7) is 0.983. The molecule has 0 amide bonds. The molecule has 1 aromatic heterocycles. The van der Waals surface area contributed by atoms with Crippen LogP contribution in [0.4, 0.5) is 13.2 Å². The van der Waals surface area contributed by atoms with Crippen LogP contribution in [0.1, 0.15) is 25.8 Å². The standard InChI is InChI=1S/C26H24F3NO5/c1-3-11-34-24-18-8-6-5-7-17(18)23(35-26(28)29)19-14-30(25(32)22(19)24)16-10-9-15(20(27)13-16)12-21(31)33-4-2/h5-10,13-14,26,32H,3-4,11-12H2,1-2H3. The number of ether oxygens (including phenoxy) is 3. The lowest BCUT2D eigenvalue weighted by Crippen LogP contribution is -2.09. The fourth-order valence-corrected chi connectivity index (χ4v) is 4.01. The van der Waals surface area contributed by atoms with E-state index in [4.69, 9.17) is 14.2 Å². The molecule has 0 aliphatic carbocycles. The first-order valence-corrected chi connectivity index (χ1v) is 11.2. The molecular formula is C26H24F3NO5. The number of benzene rings is 3. The maximum Gasteiger partial charge on any atom is 0.387 e. The van der Waals surface area contributed by atoms with Crippen LogP contribution in [-0.4, -0.2) is 35.5 Å². The molecule has 0 saturated carbocycles. The Balaban J connectivity index is 1.92. The Bertz CT molecular complexity index is 1380. The molecule has 0 saturated heterocycles. The molecule has 1 N–H and O–H groups in total. The minimum absolute atomic E-state index is 0.122. The Kier molecular flexibility index (Phi) is 7.04. The van der Waals surface area contributed by atoms with Gasteiger partial charge < -0.3 is 19.3 Å². The van der Waals surface area contributed by atoms with Gasteiger partial charge in [-0.25, -0.2) is 4.39 Å². The normalized spacial score (nSPS) is 11.4. The zero-order chi connectivity index (χ0) is 25.1. The molecule has 0 bridgehead atoms. The summed E-state index contributed by atoms with van der Waals surface area (Å²) in [6, 6.07) is 10.8. The van der Waals surface area contributed by atoms with Gasteiger partial charge in [0.25, 0.3) is 0 Å². The van der Waals surface area contributed by atoms with Crippen molar-refractivity contribution in [1.29, 1.82) is 0 Å². The van der Waals surface area contributed by atoms with Crippen LogP contribution in [0.2, 0.25) is 0 Å². The fourth-order valence-electron chi connectivity index (χ4n) is 4.01. The summed E-state index contributed by atoms with van der Waals surface area (Å²) in [4.78, 5) is 11.7. The maximum atomic E-state index is 14.8. The highest BCUT2D eigenvalue weighted by Crippen LogP contribution is 2.48. The molecule has 0 radical (unpaired) electrons. The number of fused-ring (bicyclic) bond motifs is 2. The minimum Gasteiger partial charge on any atom is -0.494 e. The maximum absolute atomic E-state index is 14.8. The van der Waals surface area contributed by atoms with Crippen molar-refractivity contribution < 1.29 is 37.3 Å². The number of aromatic nitrogens is 1. The summed E-state index contributed by atoms with van der Waals surface area (Å²) < 4.78 is 58.4. The predicted molar refractivity (Wildman–Crippen MR) is 125 cm³/mol. The van der Waals surface area contributed by atoms with Gasteiger partial charge in [-0.2, -0.15) is 8.78 Å². The number of alkyl halides is 2. The number of carbonyl (C=O) groups is 1. The lowest BCUT2D eigenvalue weighted by molar-refractivity contribution is -0.142. The number of hydrogen-bond donors (Lipinski definition) is 1. The Labute approximate surface area is 199 Å². The van der Waals surface area contributed by atoms with Crippen molar-refractivity contribution in [3.05, 3.63) is 60.0 Å². The molecule has 3 aromatic carbocycles. The van der Waals surface area contributed by atoms with Gasteiger partial charge in [0.1, 0.15) is 17.3 Å². The minimum atomic E-state index is -3.10. The summed E-state index contributed by atoms with van der Waals surface area (Å²) in [6.07, 6.45) is 1.83. The average Bonchev–Trinajstić information content (AvgIpc) is 3.17. The van der Waals surface area contributed by atoms with Crippen molar-refractivity contribution in [2.75, 3.05) is 13.2 Å². The molecule has 184 valence electrons. The lowest BCUT2D eigenvalue weighted by Gasteiger charge is -2.15. The quantitative estimate of drug-likeness (QED) is 0.288. The first kappa shape index (κ1) is 24.3. The number of esters is 1.